The predicted octanol–water partition coefficient (Wildman–Crippen LogP) is 1.19. The molecule has 0 saturated heterocycles. The first-order valence-corrected chi connectivity index (χ1v) is 4.46. The molecule has 0 bridgehead atoms. The Hall–Kier alpha value is -1.09. The molecule has 0 aliphatic heterocycles. The maximum atomic E-state index is 8.89. The standard InChI is InChI=1S/C10H13NO2/c1-13-8-2-3-10(11-5-8)9-4-7(9)6-12/h2-3,5,7,9,12H,4,6H2,1H3. The highest BCUT2D eigenvalue weighted by atomic mass is 16.5. The number of hydrogen-bond donors (Lipinski definition) is 1. The van der Waals surface area contributed by atoms with Crippen LogP contribution in [-0.2, 0) is 0 Å². The van der Waals surface area contributed by atoms with Crippen LogP contribution in [0, 0.1) is 5.92 Å². The van der Waals surface area contributed by atoms with Crippen LogP contribution in [0.15, 0.2) is 18.3 Å². The monoisotopic (exact) mass is 179 g/mol. The van der Waals surface area contributed by atoms with E-state index in [4.69, 9.17) is 9.84 Å². The lowest BCUT2D eigenvalue weighted by molar-refractivity contribution is 0.273. The van der Waals surface area contributed by atoms with Crippen LogP contribution >= 0.6 is 0 Å². The lowest BCUT2D eigenvalue weighted by Crippen LogP contribution is -1.92. The van der Waals surface area contributed by atoms with Gasteiger partial charge in [0.2, 0.25) is 0 Å². The van der Waals surface area contributed by atoms with E-state index in [1.165, 1.54) is 0 Å². The van der Waals surface area contributed by atoms with Crippen molar-refractivity contribution < 1.29 is 9.84 Å². The average Bonchev–Trinajstić information content (AvgIpc) is 2.97. The van der Waals surface area contributed by atoms with Gasteiger partial charge in [-0.15, -0.1) is 0 Å². The fourth-order valence-electron chi connectivity index (χ4n) is 1.54. The van der Waals surface area contributed by atoms with E-state index in [9.17, 15) is 0 Å². The molecule has 3 nitrogen and oxygen atoms in total. The fraction of sp³-hybridized carbons (Fsp3) is 0.500. The van der Waals surface area contributed by atoms with Gasteiger partial charge in [0.25, 0.3) is 0 Å². The molecule has 3 heteroatoms. The molecule has 1 saturated carbocycles. The molecule has 1 fully saturated rings. The number of nitrogens with zero attached hydrogens (tertiary/aromatic N) is 1. The van der Waals surface area contributed by atoms with Crippen molar-refractivity contribution in [2.24, 2.45) is 5.92 Å². The third-order valence-corrected chi connectivity index (χ3v) is 2.53. The Labute approximate surface area is 77.4 Å². The average molecular weight is 179 g/mol. The van der Waals surface area contributed by atoms with Gasteiger partial charge in [0.1, 0.15) is 5.75 Å². The van der Waals surface area contributed by atoms with Gasteiger partial charge in [-0.05, 0) is 24.5 Å². The van der Waals surface area contributed by atoms with Gasteiger partial charge >= 0.3 is 0 Å². The van der Waals surface area contributed by atoms with E-state index in [-0.39, 0.29) is 6.61 Å². The van der Waals surface area contributed by atoms with Crippen LogP contribution in [0.25, 0.3) is 0 Å². The van der Waals surface area contributed by atoms with Crippen molar-refractivity contribution in [3.8, 4) is 5.75 Å². The molecule has 1 aliphatic carbocycles. The lowest BCUT2D eigenvalue weighted by atomic mass is 10.2. The van der Waals surface area contributed by atoms with Crippen molar-refractivity contribution in [2.75, 3.05) is 13.7 Å². The van der Waals surface area contributed by atoms with Gasteiger partial charge in [0, 0.05) is 18.2 Å². The summed E-state index contributed by atoms with van der Waals surface area (Å²) >= 11 is 0. The summed E-state index contributed by atoms with van der Waals surface area (Å²) in [4.78, 5) is 4.27. The van der Waals surface area contributed by atoms with Crippen molar-refractivity contribution >= 4 is 0 Å². The molecule has 0 radical (unpaired) electrons. The fourth-order valence-corrected chi connectivity index (χ4v) is 1.54. The number of aliphatic hydroxyl groups excluding tert-OH is 1. The largest absolute Gasteiger partial charge is 0.495 e. The second-order valence-corrected chi connectivity index (χ2v) is 3.41. The number of aromatic nitrogens is 1. The number of pyridine rings is 1. The summed E-state index contributed by atoms with van der Waals surface area (Å²) in [6.45, 7) is 0.276. The summed E-state index contributed by atoms with van der Waals surface area (Å²) in [6.07, 6.45) is 2.79. The number of aliphatic hydroxyl groups is 1. The molecule has 1 aliphatic rings. The maximum absolute atomic E-state index is 8.89. The SMILES string of the molecule is COc1ccc(C2CC2CO)nc1. The minimum absolute atomic E-state index is 0.276. The molecule has 1 aromatic heterocycles. The summed E-state index contributed by atoms with van der Waals surface area (Å²) in [5.74, 6) is 1.68. The van der Waals surface area contributed by atoms with Crippen LogP contribution in [0.4, 0.5) is 0 Å². The van der Waals surface area contributed by atoms with E-state index in [1.807, 2.05) is 12.1 Å². The van der Waals surface area contributed by atoms with E-state index in [2.05, 4.69) is 4.98 Å². The Morgan fingerprint density at radius 2 is 2.46 bits per heavy atom. The molecule has 2 unspecified atom stereocenters. The van der Waals surface area contributed by atoms with E-state index < -0.39 is 0 Å². The van der Waals surface area contributed by atoms with Crippen molar-refractivity contribution in [1.29, 1.82) is 0 Å². The molecular weight excluding hydrogens is 166 g/mol. The Kier molecular flexibility index (Phi) is 2.19. The maximum Gasteiger partial charge on any atom is 0.137 e. The van der Waals surface area contributed by atoms with Crippen LogP contribution in [-0.4, -0.2) is 23.8 Å². The lowest BCUT2D eigenvalue weighted by Gasteiger charge is -2.00. The Bertz CT molecular complexity index is 283. The van der Waals surface area contributed by atoms with Gasteiger partial charge in [-0.1, -0.05) is 0 Å². The third-order valence-electron chi connectivity index (χ3n) is 2.53. The molecule has 1 heterocycles. The van der Waals surface area contributed by atoms with Crippen LogP contribution in [0.3, 0.4) is 0 Å². The number of rotatable bonds is 3. The van der Waals surface area contributed by atoms with E-state index in [0.717, 1.165) is 17.9 Å². The first kappa shape index (κ1) is 8.51. The van der Waals surface area contributed by atoms with Gasteiger partial charge in [0.05, 0.1) is 13.3 Å². The molecule has 2 rings (SSSR count). The Balaban J connectivity index is 2.07. The van der Waals surface area contributed by atoms with Crippen molar-refractivity contribution in [1.82, 2.24) is 4.98 Å². The van der Waals surface area contributed by atoms with Crippen molar-refractivity contribution in [3.63, 3.8) is 0 Å². The third kappa shape index (κ3) is 1.65. The van der Waals surface area contributed by atoms with Crippen molar-refractivity contribution in [2.45, 2.75) is 12.3 Å². The molecule has 0 spiro atoms. The van der Waals surface area contributed by atoms with Gasteiger partial charge in [-0.25, -0.2) is 0 Å². The summed E-state index contributed by atoms with van der Waals surface area (Å²) in [7, 11) is 1.63. The molecule has 1 aromatic rings. The molecular formula is C10H13NO2. The van der Waals surface area contributed by atoms with Crippen LogP contribution < -0.4 is 4.74 Å². The van der Waals surface area contributed by atoms with Crippen LogP contribution in [0.1, 0.15) is 18.0 Å². The molecule has 1 N–H and O–H groups in total. The van der Waals surface area contributed by atoms with Crippen molar-refractivity contribution in [3.05, 3.63) is 24.0 Å². The topological polar surface area (TPSA) is 42.4 Å². The highest BCUT2D eigenvalue weighted by Crippen LogP contribution is 2.46. The number of methoxy groups -OCH3 is 1. The summed E-state index contributed by atoms with van der Waals surface area (Å²) in [6, 6.07) is 3.88. The second-order valence-electron chi connectivity index (χ2n) is 3.41. The summed E-state index contributed by atoms with van der Waals surface area (Å²) in [5.41, 5.74) is 1.07. The zero-order chi connectivity index (χ0) is 9.26. The first-order chi connectivity index (χ1) is 6.35. The normalized spacial score (nSPS) is 25.7. The Morgan fingerprint density at radius 1 is 1.62 bits per heavy atom. The quantitative estimate of drug-likeness (QED) is 0.757. The summed E-state index contributed by atoms with van der Waals surface area (Å²) < 4.78 is 5.01. The van der Waals surface area contributed by atoms with Crippen LogP contribution in [0.5, 0.6) is 5.75 Å². The number of ether oxygens (including phenoxy) is 1. The molecule has 70 valence electrons. The van der Waals surface area contributed by atoms with E-state index in [0.29, 0.717) is 11.8 Å². The minimum atomic E-state index is 0.276. The molecule has 13 heavy (non-hydrogen) atoms. The second kappa shape index (κ2) is 3.34. The number of hydrogen-bond acceptors (Lipinski definition) is 3. The highest BCUT2D eigenvalue weighted by Gasteiger charge is 2.38. The van der Waals surface area contributed by atoms with Gasteiger partial charge in [0.15, 0.2) is 0 Å². The van der Waals surface area contributed by atoms with Gasteiger partial charge < -0.3 is 9.84 Å². The summed E-state index contributed by atoms with van der Waals surface area (Å²) in [5, 5.41) is 8.89. The molecule has 2 atom stereocenters. The van der Waals surface area contributed by atoms with Gasteiger partial charge in [-0.2, -0.15) is 0 Å². The smallest absolute Gasteiger partial charge is 0.137 e. The van der Waals surface area contributed by atoms with E-state index in [1.54, 1.807) is 13.3 Å². The van der Waals surface area contributed by atoms with Crippen LogP contribution in [0.2, 0.25) is 0 Å². The first-order valence-electron chi connectivity index (χ1n) is 4.46. The zero-order valence-corrected chi connectivity index (χ0v) is 7.60. The van der Waals surface area contributed by atoms with Gasteiger partial charge in [-0.3, -0.25) is 4.98 Å². The van der Waals surface area contributed by atoms with E-state index >= 15 is 0 Å². The highest BCUT2D eigenvalue weighted by molar-refractivity contribution is 5.25. The zero-order valence-electron chi connectivity index (χ0n) is 7.60. The molecule has 0 amide bonds. The molecule has 0 aromatic carbocycles. The predicted molar refractivity (Wildman–Crippen MR) is 48.7 cm³/mol. The minimum Gasteiger partial charge on any atom is -0.495 e. The Morgan fingerprint density at radius 3 is 2.92 bits per heavy atom.